The van der Waals surface area contributed by atoms with Crippen molar-refractivity contribution in [2.45, 2.75) is 38.6 Å². The lowest BCUT2D eigenvalue weighted by Gasteiger charge is -2.26. The third kappa shape index (κ3) is 1.82. The Hall–Kier alpha value is -1.68. The molecule has 0 saturated heterocycles. The molecule has 1 aromatic heterocycles. The van der Waals surface area contributed by atoms with Crippen molar-refractivity contribution in [3.05, 3.63) is 41.2 Å². The summed E-state index contributed by atoms with van der Waals surface area (Å²) in [7, 11) is 0. The summed E-state index contributed by atoms with van der Waals surface area (Å²) in [5.74, 6) is 0.583. The molecule has 0 radical (unpaired) electrons. The van der Waals surface area contributed by atoms with Crippen molar-refractivity contribution in [1.29, 1.82) is 0 Å². The number of aromatic nitrogens is 3. The molecule has 4 heteroatoms. The van der Waals surface area contributed by atoms with E-state index in [9.17, 15) is 0 Å². The van der Waals surface area contributed by atoms with Crippen LogP contribution in [0.3, 0.4) is 0 Å². The average molecular weight is 242 g/mol. The van der Waals surface area contributed by atoms with Crippen LogP contribution >= 0.6 is 0 Å². The number of aryl methyl sites for hydroxylation is 1. The van der Waals surface area contributed by atoms with Crippen molar-refractivity contribution in [3.8, 4) is 5.69 Å². The molecule has 2 N–H and O–H groups in total. The van der Waals surface area contributed by atoms with Gasteiger partial charge in [0.25, 0.3) is 0 Å². The molecule has 2 aromatic rings. The zero-order valence-electron chi connectivity index (χ0n) is 10.6. The van der Waals surface area contributed by atoms with Gasteiger partial charge in [-0.05, 0) is 31.9 Å². The zero-order chi connectivity index (χ0) is 12.5. The maximum atomic E-state index is 5.77. The van der Waals surface area contributed by atoms with E-state index in [0.717, 1.165) is 11.4 Å². The summed E-state index contributed by atoms with van der Waals surface area (Å²) < 4.78 is 1.96. The van der Waals surface area contributed by atoms with Crippen molar-refractivity contribution in [3.63, 3.8) is 0 Å². The molecule has 94 valence electrons. The summed E-state index contributed by atoms with van der Waals surface area (Å²) in [5.41, 5.74) is 10.3. The summed E-state index contributed by atoms with van der Waals surface area (Å²) in [6, 6.07) is 8.38. The molecule has 1 aliphatic carbocycles. The quantitative estimate of drug-likeness (QED) is 0.898. The Morgan fingerprint density at radius 2 is 2.00 bits per heavy atom. The lowest BCUT2D eigenvalue weighted by Crippen LogP contribution is -2.17. The summed E-state index contributed by atoms with van der Waals surface area (Å²) in [6.45, 7) is 2.56. The molecular weight excluding hydrogens is 224 g/mol. The molecular formula is C14H18N4. The molecule has 4 nitrogen and oxygen atoms in total. The first kappa shape index (κ1) is 11.4. The van der Waals surface area contributed by atoms with E-state index in [0.29, 0.717) is 12.5 Å². The molecule has 0 amide bonds. The van der Waals surface area contributed by atoms with E-state index < -0.39 is 0 Å². The Labute approximate surface area is 107 Å². The fourth-order valence-electron chi connectivity index (χ4n) is 2.43. The first-order chi connectivity index (χ1) is 8.79. The third-order valence-electron chi connectivity index (χ3n) is 3.74. The standard InChI is InChI=1S/C14H18N4/c1-10-5-7-12(8-6-10)18-14(11-3-2-4-11)13(9-15)16-17-18/h5-8,11H,2-4,9,15H2,1H3. The minimum atomic E-state index is 0.470. The van der Waals surface area contributed by atoms with E-state index in [1.165, 1.54) is 30.5 Å². The van der Waals surface area contributed by atoms with Gasteiger partial charge in [-0.3, -0.25) is 0 Å². The second-order valence-electron chi connectivity index (χ2n) is 5.00. The number of nitrogens with zero attached hydrogens (tertiary/aromatic N) is 3. The Morgan fingerprint density at radius 3 is 2.56 bits per heavy atom. The molecule has 0 aliphatic heterocycles. The highest BCUT2D eigenvalue weighted by atomic mass is 15.4. The van der Waals surface area contributed by atoms with Crippen molar-refractivity contribution in [2.24, 2.45) is 5.73 Å². The van der Waals surface area contributed by atoms with E-state index in [-0.39, 0.29) is 0 Å². The van der Waals surface area contributed by atoms with Crippen LogP contribution in [0.15, 0.2) is 24.3 Å². The van der Waals surface area contributed by atoms with Crippen LogP contribution in [-0.2, 0) is 6.54 Å². The highest BCUT2D eigenvalue weighted by Gasteiger charge is 2.27. The first-order valence-corrected chi connectivity index (χ1v) is 6.51. The Kier molecular flexibility index (Phi) is 2.88. The summed E-state index contributed by atoms with van der Waals surface area (Å²) in [6.07, 6.45) is 3.76. The highest BCUT2D eigenvalue weighted by molar-refractivity contribution is 5.37. The summed E-state index contributed by atoms with van der Waals surface area (Å²) in [5, 5.41) is 8.50. The molecule has 1 heterocycles. The molecule has 0 bridgehead atoms. The van der Waals surface area contributed by atoms with Crippen LogP contribution in [-0.4, -0.2) is 15.0 Å². The monoisotopic (exact) mass is 242 g/mol. The summed E-state index contributed by atoms with van der Waals surface area (Å²) >= 11 is 0. The second-order valence-corrected chi connectivity index (χ2v) is 5.00. The van der Waals surface area contributed by atoms with Gasteiger partial charge in [0.2, 0.25) is 0 Å². The number of rotatable bonds is 3. The van der Waals surface area contributed by atoms with Crippen LogP contribution in [0.25, 0.3) is 5.69 Å². The maximum Gasteiger partial charge on any atom is 0.100 e. The number of hydrogen-bond donors (Lipinski definition) is 1. The predicted octanol–water partition coefficient (Wildman–Crippen LogP) is 2.30. The van der Waals surface area contributed by atoms with Crippen molar-refractivity contribution in [2.75, 3.05) is 0 Å². The normalized spacial score (nSPS) is 15.7. The van der Waals surface area contributed by atoms with E-state index in [1.807, 2.05) is 4.68 Å². The van der Waals surface area contributed by atoms with Gasteiger partial charge in [0.1, 0.15) is 5.69 Å². The minimum absolute atomic E-state index is 0.470. The third-order valence-corrected chi connectivity index (χ3v) is 3.74. The molecule has 1 saturated carbocycles. The van der Waals surface area contributed by atoms with Crippen LogP contribution in [0, 0.1) is 6.92 Å². The number of benzene rings is 1. The topological polar surface area (TPSA) is 56.7 Å². The lowest BCUT2D eigenvalue weighted by molar-refractivity contribution is 0.401. The molecule has 1 aliphatic rings. The highest BCUT2D eigenvalue weighted by Crippen LogP contribution is 2.38. The molecule has 18 heavy (non-hydrogen) atoms. The zero-order valence-corrected chi connectivity index (χ0v) is 10.6. The Bertz CT molecular complexity index is 537. The second kappa shape index (κ2) is 4.53. The SMILES string of the molecule is Cc1ccc(-n2nnc(CN)c2C2CCC2)cc1. The number of nitrogens with two attached hydrogens (primary N) is 1. The van der Waals surface area contributed by atoms with E-state index >= 15 is 0 Å². The van der Waals surface area contributed by atoms with Gasteiger partial charge in [-0.25, -0.2) is 4.68 Å². The molecule has 1 aromatic carbocycles. The minimum Gasteiger partial charge on any atom is -0.325 e. The first-order valence-electron chi connectivity index (χ1n) is 6.51. The molecule has 0 atom stereocenters. The summed E-state index contributed by atoms with van der Waals surface area (Å²) in [4.78, 5) is 0. The van der Waals surface area contributed by atoms with Gasteiger partial charge in [0.15, 0.2) is 0 Å². The largest absolute Gasteiger partial charge is 0.325 e. The van der Waals surface area contributed by atoms with Crippen molar-refractivity contribution < 1.29 is 0 Å². The van der Waals surface area contributed by atoms with E-state index in [4.69, 9.17) is 5.73 Å². The Balaban J connectivity index is 2.05. The van der Waals surface area contributed by atoms with Gasteiger partial charge in [-0.1, -0.05) is 29.3 Å². The van der Waals surface area contributed by atoms with Gasteiger partial charge in [-0.2, -0.15) is 0 Å². The van der Waals surface area contributed by atoms with Gasteiger partial charge in [0, 0.05) is 12.5 Å². The van der Waals surface area contributed by atoms with Crippen molar-refractivity contribution >= 4 is 0 Å². The van der Waals surface area contributed by atoms with Gasteiger partial charge in [-0.15, -0.1) is 5.10 Å². The average Bonchev–Trinajstić information content (AvgIpc) is 2.72. The van der Waals surface area contributed by atoms with Gasteiger partial charge >= 0.3 is 0 Å². The van der Waals surface area contributed by atoms with Crippen LogP contribution in [0.5, 0.6) is 0 Å². The lowest BCUT2D eigenvalue weighted by atomic mass is 9.82. The fourth-order valence-corrected chi connectivity index (χ4v) is 2.43. The van der Waals surface area contributed by atoms with Crippen LogP contribution in [0.1, 0.15) is 42.1 Å². The molecule has 1 fully saturated rings. The van der Waals surface area contributed by atoms with Crippen LogP contribution < -0.4 is 5.73 Å². The van der Waals surface area contributed by atoms with Crippen molar-refractivity contribution in [1.82, 2.24) is 15.0 Å². The van der Waals surface area contributed by atoms with Gasteiger partial charge in [0.05, 0.1) is 11.4 Å². The van der Waals surface area contributed by atoms with E-state index in [1.54, 1.807) is 0 Å². The van der Waals surface area contributed by atoms with Crippen LogP contribution in [0.4, 0.5) is 0 Å². The number of hydrogen-bond acceptors (Lipinski definition) is 3. The maximum absolute atomic E-state index is 5.77. The van der Waals surface area contributed by atoms with E-state index in [2.05, 4.69) is 41.5 Å². The van der Waals surface area contributed by atoms with Gasteiger partial charge < -0.3 is 5.73 Å². The fraction of sp³-hybridized carbons (Fsp3) is 0.429. The molecule has 0 unspecified atom stereocenters. The molecule has 3 rings (SSSR count). The molecule has 0 spiro atoms. The Morgan fingerprint density at radius 1 is 1.28 bits per heavy atom. The predicted molar refractivity (Wildman–Crippen MR) is 70.6 cm³/mol. The van der Waals surface area contributed by atoms with Crippen LogP contribution in [0.2, 0.25) is 0 Å². The smallest absolute Gasteiger partial charge is 0.100 e.